The van der Waals surface area contributed by atoms with E-state index >= 15 is 0 Å². The molecular weight excluding hydrogens is 692 g/mol. The van der Waals surface area contributed by atoms with E-state index in [1.165, 1.54) is 0 Å². The fraction of sp³-hybridized carbons (Fsp3) is 0.372. The van der Waals surface area contributed by atoms with E-state index in [-0.39, 0.29) is 67.2 Å². The van der Waals surface area contributed by atoms with Crippen molar-refractivity contribution in [2.75, 3.05) is 20.6 Å². The second-order valence-electron chi connectivity index (χ2n) is 12.8. The van der Waals surface area contributed by atoms with E-state index in [2.05, 4.69) is 5.32 Å². The third kappa shape index (κ3) is 19.1. The molecular formula is C43H59ClN2O7. The minimum Gasteiger partial charge on any atom is -0.508 e. The molecule has 0 aliphatic rings. The van der Waals surface area contributed by atoms with E-state index in [9.17, 15) is 19.5 Å². The molecule has 4 aromatic rings. The van der Waals surface area contributed by atoms with Gasteiger partial charge in [0.15, 0.2) is 0 Å². The Balaban J connectivity index is 0.000000829. The molecule has 9 nitrogen and oxygen atoms in total. The zero-order valence-corrected chi connectivity index (χ0v) is 31.9. The fourth-order valence-corrected chi connectivity index (χ4v) is 5.15. The minimum absolute atomic E-state index is 0. The molecule has 0 bridgehead atoms. The number of nitrogens with zero attached hydrogens (tertiary/aromatic N) is 1. The van der Waals surface area contributed by atoms with Crippen molar-refractivity contribution < 1.29 is 34.1 Å². The molecule has 10 heteroatoms. The Bertz CT molecular complexity index is 1550. The average Bonchev–Trinajstić information content (AvgIpc) is 3.12. The lowest BCUT2D eigenvalue weighted by Crippen LogP contribution is -2.44. The molecule has 0 saturated carbocycles. The standard InChI is InChI=1S/C21H27NO3.C13H19NO2.C8H8O2.CH4.ClH/c1-16(2)20(21(24)25-15-18-7-5-4-6-8-18)22(3)14-13-17-9-11-19(23)12-10-17;1-10(2)12(14-3)13(15)16-9-11-7-5-4-6-8-11;9-6-5-7-1-3-8(10)4-2-7;;/h4-12,16,20,23H,13-15H2,1-3H3;4-8,10,12,14H,9H2,1-3H3;1-4,6,10H,5H2;1H4;1H/t20-;12-;;;/m00.../s1. The highest BCUT2D eigenvalue weighted by Crippen LogP contribution is 2.16. The molecule has 0 spiro atoms. The summed E-state index contributed by atoms with van der Waals surface area (Å²) in [6, 6.07) is 32.7. The second-order valence-corrected chi connectivity index (χ2v) is 12.8. The normalized spacial score (nSPS) is 11.3. The highest BCUT2D eigenvalue weighted by Gasteiger charge is 2.28. The number of nitrogens with one attached hydrogen (secondary N) is 1. The van der Waals surface area contributed by atoms with Crippen LogP contribution in [-0.2, 0) is 49.9 Å². The van der Waals surface area contributed by atoms with Gasteiger partial charge in [-0.1, -0.05) is 120 Å². The molecule has 3 N–H and O–H groups in total. The lowest BCUT2D eigenvalue weighted by molar-refractivity contribution is -0.152. The number of halogens is 1. The number of carbonyl (C=O) groups is 3. The molecule has 53 heavy (non-hydrogen) atoms. The average molecular weight is 751 g/mol. The molecule has 0 amide bonds. The SMILES string of the molecule is C.CC(C)[C@@H](C(=O)OCc1ccccc1)N(C)CCc1ccc(O)cc1.CN[C@H](C(=O)OCc1ccccc1)C(C)C.Cl.O=CCc1ccc(O)cc1. The van der Waals surface area contributed by atoms with Gasteiger partial charge in [0.25, 0.3) is 0 Å². The Labute approximate surface area is 322 Å². The molecule has 0 aliphatic carbocycles. The van der Waals surface area contributed by atoms with Crippen LogP contribution in [0.4, 0.5) is 0 Å². The highest BCUT2D eigenvalue weighted by atomic mass is 35.5. The number of phenols is 2. The van der Waals surface area contributed by atoms with Crippen molar-refractivity contribution in [1.82, 2.24) is 10.2 Å². The van der Waals surface area contributed by atoms with Crippen molar-refractivity contribution in [2.45, 2.75) is 73.3 Å². The van der Waals surface area contributed by atoms with Crippen LogP contribution in [0.1, 0.15) is 57.4 Å². The molecule has 0 radical (unpaired) electrons. The van der Waals surface area contributed by atoms with Crippen molar-refractivity contribution in [3.05, 3.63) is 131 Å². The van der Waals surface area contributed by atoms with E-state index in [0.29, 0.717) is 19.6 Å². The van der Waals surface area contributed by atoms with Crippen molar-refractivity contribution in [3.63, 3.8) is 0 Å². The minimum atomic E-state index is -0.277. The monoisotopic (exact) mass is 750 g/mol. The Hall–Kier alpha value is -4.70. The molecule has 0 fully saturated rings. The number of phenolic OH excluding ortho intramolecular Hbond substituents is 2. The largest absolute Gasteiger partial charge is 0.508 e. The summed E-state index contributed by atoms with van der Waals surface area (Å²) in [4.78, 5) is 36.3. The molecule has 290 valence electrons. The molecule has 4 aromatic carbocycles. The maximum Gasteiger partial charge on any atom is 0.323 e. The Morgan fingerprint density at radius 1 is 0.679 bits per heavy atom. The number of carbonyl (C=O) groups excluding carboxylic acids is 3. The summed E-state index contributed by atoms with van der Waals surface area (Å²) < 4.78 is 10.8. The molecule has 0 unspecified atom stereocenters. The third-order valence-electron chi connectivity index (χ3n) is 7.97. The summed E-state index contributed by atoms with van der Waals surface area (Å²) in [6.07, 6.45) is 2.07. The number of rotatable bonds is 15. The summed E-state index contributed by atoms with van der Waals surface area (Å²) in [5, 5.41) is 21.1. The van der Waals surface area contributed by atoms with Crippen LogP contribution in [0.2, 0.25) is 0 Å². The van der Waals surface area contributed by atoms with E-state index in [0.717, 1.165) is 41.5 Å². The molecule has 2 atom stereocenters. The van der Waals surface area contributed by atoms with Crippen molar-refractivity contribution >= 4 is 30.6 Å². The van der Waals surface area contributed by atoms with Gasteiger partial charge in [-0.2, -0.15) is 0 Å². The zero-order valence-electron chi connectivity index (χ0n) is 31.1. The number of aromatic hydroxyl groups is 2. The number of aldehydes is 1. The first-order chi connectivity index (χ1) is 24.4. The third-order valence-corrected chi connectivity index (χ3v) is 7.97. The highest BCUT2D eigenvalue weighted by molar-refractivity contribution is 5.85. The molecule has 4 rings (SSSR count). The first-order valence-corrected chi connectivity index (χ1v) is 17.2. The number of ether oxygens (including phenoxy) is 2. The molecule has 0 aromatic heterocycles. The van der Waals surface area contributed by atoms with Gasteiger partial charge in [0.1, 0.15) is 43.1 Å². The number of hydrogen-bond acceptors (Lipinski definition) is 9. The van der Waals surface area contributed by atoms with Crippen LogP contribution in [0.5, 0.6) is 11.5 Å². The van der Waals surface area contributed by atoms with Gasteiger partial charge in [-0.05, 0) is 78.9 Å². The summed E-state index contributed by atoms with van der Waals surface area (Å²) in [7, 11) is 3.73. The molecule has 0 saturated heterocycles. The van der Waals surface area contributed by atoms with Crippen LogP contribution in [0, 0.1) is 11.8 Å². The van der Waals surface area contributed by atoms with Crippen molar-refractivity contribution in [3.8, 4) is 11.5 Å². The predicted octanol–water partition coefficient (Wildman–Crippen LogP) is 7.80. The van der Waals surface area contributed by atoms with E-state index in [4.69, 9.17) is 14.6 Å². The van der Waals surface area contributed by atoms with Crippen LogP contribution in [0.15, 0.2) is 109 Å². The van der Waals surface area contributed by atoms with Crippen molar-refractivity contribution in [2.24, 2.45) is 11.8 Å². The maximum atomic E-state index is 12.6. The number of likely N-dealkylation sites (N-methyl/N-ethyl adjacent to an activating group) is 2. The number of hydrogen-bond donors (Lipinski definition) is 3. The van der Waals surface area contributed by atoms with E-state index < -0.39 is 0 Å². The first kappa shape index (κ1) is 48.3. The van der Waals surface area contributed by atoms with Gasteiger partial charge in [0.2, 0.25) is 0 Å². The van der Waals surface area contributed by atoms with Crippen LogP contribution in [0.25, 0.3) is 0 Å². The summed E-state index contributed by atoms with van der Waals surface area (Å²) in [5.74, 6) is 0.506. The lowest BCUT2D eigenvalue weighted by Gasteiger charge is -2.29. The Morgan fingerprint density at radius 3 is 1.51 bits per heavy atom. The second kappa shape index (κ2) is 27.0. The zero-order chi connectivity index (χ0) is 37.6. The summed E-state index contributed by atoms with van der Waals surface area (Å²) >= 11 is 0. The van der Waals surface area contributed by atoms with Gasteiger partial charge in [-0.15, -0.1) is 12.4 Å². The quantitative estimate of drug-likeness (QED) is 0.0825. The Morgan fingerprint density at radius 2 is 1.11 bits per heavy atom. The number of esters is 2. The molecule has 0 heterocycles. The van der Waals surface area contributed by atoms with Crippen molar-refractivity contribution in [1.29, 1.82) is 0 Å². The van der Waals surface area contributed by atoms with Crippen LogP contribution >= 0.6 is 12.4 Å². The van der Waals surface area contributed by atoms with Crippen LogP contribution < -0.4 is 5.32 Å². The van der Waals surface area contributed by atoms with Gasteiger partial charge in [-0.25, -0.2) is 0 Å². The smallest absolute Gasteiger partial charge is 0.323 e. The summed E-state index contributed by atoms with van der Waals surface area (Å²) in [6.45, 7) is 9.43. The summed E-state index contributed by atoms with van der Waals surface area (Å²) in [5.41, 5.74) is 4.05. The van der Waals surface area contributed by atoms with Crippen LogP contribution in [-0.4, -0.2) is 66.1 Å². The predicted molar refractivity (Wildman–Crippen MR) is 215 cm³/mol. The van der Waals surface area contributed by atoms with Crippen LogP contribution in [0.3, 0.4) is 0 Å². The first-order valence-electron chi connectivity index (χ1n) is 17.2. The molecule has 0 aliphatic heterocycles. The van der Waals surface area contributed by atoms with Gasteiger partial charge >= 0.3 is 11.9 Å². The maximum absolute atomic E-state index is 12.6. The lowest BCUT2D eigenvalue weighted by atomic mass is 10.0. The van der Waals surface area contributed by atoms with Gasteiger partial charge < -0.3 is 29.8 Å². The fourth-order valence-electron chi connectivity index (χ4n) is 5.15. The topological polar surface area (TPSA) is 125 Å². The van der Waals surface area contributed by atoms with Gasteiger partial charge in [0, 0.05) is 13.0 Å². The van der Waals surface area contributed by atoms with Gasteiger partial charge in [-0.3, -0.25) is 14.5 Å². The van der Waals surface area contributed by atoms with Gasteiger partial charge in [0.05, 0.1) is 0 Å². The Kier molecular flexibility index (Phi) is 24.6. The number of benzene rings is 4. The van der Waals surface area contributed by atoms with E-state index in [1.807, 2.05) is 112 Å². The van der Waals surface area contributed by atoms with E-state index in [1.54, 1.807) is 43.4 Å².